The van der Waals surface area contributed by atoms with E-state index in [9.17, 15) is 4.79 Å². The number of furan rings is 1. The van der Waals surface area contributed by atoms with Gasteiger partial charge in [0.15, 0.2) is 10.9 Å². The van der Waals surface area contributed by atoms with Gasteiger partial charge in [0.05, 0.1) is 11.9 Å². The lowest BCUT2D eigenvalue weighted by molar-refractivity contribution is 0.0955. The maximum Gasteiger partial charge on any atom is 0.271 e. The van der Waals surface area contributed by atoms with Crippen molar-refractivity contribution in [1.82, 2.24) is 25.2 Å². The second-order valence-corrected chi connectivity index (χ2v) is 10.4. The minimum atomic E-state index is -0.307. The molecule has 3 aromatic heterocycles. The van der Waals surface area contributed by atoms with Crippen LogP contribution in [0.4, 0.5) is 0 Å². The van der Waals surface area contributed by atoms with Gasteiger partial charge in [0.1, 0.15) is 11.3 Å². The lowest BCUT2D eigenvalue weighted by Gasteiger charge is -2.05. The monoisotopic (exact) mass is 558 g/mol. The van der Waals surface area contributed by atoms with Crippen LogP contribution in [0.25, 0.3) is 28.1 Å². The molecule has 6 aromatic rings. The van der Waals surface area contributed by atoms with Crippen molar-refractivity contribution in [2.24, 2.45) is 5.10 Å². The normalized spacial score (nSPS) is 11.4. The summed E-state index contributed by atoms with van der Waals surface area (Å²) < 4.78 is 7.85. The number of hydrazone groups is 1. The van der Waals surface area contributed by atoms with E-state index >= 15 is 0 Å². The molecule has 3 aromatic carbocycles. The van der Waals surface area contributed by atoms with Crippen molar-refractivity contribution in [2.45, 2.75) is 24.8 Å². The highest BCUT2D eigenvalue weighted by molar-refractivity contribution is 7.98. The summed E-state index contributed by atoms with van der Waals surface area (Å²) in [7, 11) is 0. The van der Waals surface area contributed by atoms with E-state index in [1.54, 1.807) is 34.8 Å². The number of nitrogens with zero attached hydrogens (tertiary/aromatic N) is 5. The SMILES string of the molecule is Cc1cc(C)nc(SCc2ccc(C(=O)NN=Cc3cn(-c4ccccc4)nc3-c3cc4ccccc4o3)cc2)n1. The topological polar surface area (TPSA) is 98.2 Å². The summed E-state index contributed by atoms with van der Waals surface area (Å²) in [6.07, 6.45) is 3.45. The van der Waals surface area contributed by atoms with Gasteiger partial charge in [-0.3, -0.25) is 4.79 Å². The third-order valence-electron chi connectivity index (χ3n) is 6.34. The predicted octanol–water partition coefficient (Wildman–Crippen LogP) is 6.75. The molecule has 0 spiro atoms. The van der Waals surface area contributed by atoms with Gasteiger partial charge >= 0.3 is 0 Å². The Morgan fingerprint density at radius 3 is 2.44 bits per heavy atom. The maximum absolute atomic E-state index is 12.8. The Kier molecular flexibility index (Phi) is 7.42. The first-order chi connectivity index (χ1) is 20.0. The smallest absolute Gasteiger partial charge is 0.271 e. The minimum Gasteiger partial charge on any atom is -0.454 e. The number of fused-ring (bicyclic) bond motifs is 1. The van der Waals surface area contributed by atoms with Crippen molar-refractivity contribution in [3.05, 3.63) is 125 Å². The van der Waals surface area contributed by atoms with Crippen LogP contribution in [0.2, 0.25) is 0 Å². The summed E-state index contributed by atoms with van der Waals surface area (Å²) in [6, 6.07) is 28.9. The number of aryl methyl sites for hydroxylation is 2. The van der Waals surface area contributed by atoms with E-state index in [1.807, 2.05) is 98.9 Å². The summed E-state index contributed by atoms with van der Waals surface area (Å²) in [5.74, 6) is 1.02. The van der Waals surface area contributed by atoms with Crippen LogP contribution in [0.15, 0.2) is 112 Å². The van der Waals surface area contributed by atoms with Crippen LogP contribution in [0.1, 0.15) is 32.9 Å². The van der Waals surface area contributed by atoms with E-state index in [4.69, 9.17) is 9.52 Å². The third kappa shape index (κ3) is 6.10. The Morgan fingerprint density at radius 2 is 1.68 bits per heavy atom. The summed E-state index contributed by atoms with van der Waals surface area (Å²) >= 11 is 1.57. The summed E-state index contributed by atoms with van der Waals surface area (Å²) in [5.41, 5.74) is 9.11. The van der Waals surface area contributed by atoms with E-state index in [0.29, 0.717) is 28.3 Å². The summed E-state index contributed by atoms with van der Waals surface area (Å²) in [6.45, 7) is 3.92. The highest BCUT2D eigenvalue weighted by Crippen LogP contribution is 2.29. The first kappa shape index (κ1) is 26.2. The zero-order valence-electron chi connectivity index (χ0n) is 22.5. The number of thioether (sulfide) groups is 1. The van der Waals surface area contributed by atoms with Gasteiger partial charge in [-0.1, -0.05) is 60.3 Å². The first-order valence-electron chi connectivity index (χ1n) is 13.0. The summed E-state index contributed by atoms with van der Waals surface area (Å²) in [5, 5.41) is 10.7. The van der Waals surface area contributed by atoms with Gasteiger partial charge < -0.3 is 4.42 Å². The predicted molar refractivity (Wildman–Crippen MR) is 161 cm³/mol. The Morgan fingerprint density at radius 1 is 0.951 bits per heavy atom. The highest BCUT2D eigenvalue weighted by atomic mass is 32.2. The Balaban J connectivity index is 1.17. The number of aromatic nitrogens is 4. The fraction of sp³-hybridized carbons (Fsp3) is 0.0938. The van der Waals surface area contributed by atoms with Gasteiger partial charge in [-0.05, 0) is 61.9 Å². The molecule has 0 fully saturated rings. The molecule has 1 N–H and O–H groups in total. The van der Waals surface area contributed by atoms with Crippen molar-refractivity contribution in [1.29, 1.82) is 0 Å². The second kappa shape index (κ2) is 11.6. The molecule has 1 amide bonds. The number of hydrogen-bond acceptors (Lipinski definition) is 7. The number of benzene rings is 3. The van der Waals surface area contributed by atoms with Gasteiger partial charge in [0, 0.05) is 39.9 Å². The number of para-hydroxylation sites is 2. The Labute approximate surface area is 241 Å². The molecule has 0 aliphatic rings. The molecule has 0 bridgehead atoms. The molecular weight excluding hydrogens is 532 g/mol. The van der Waals surface area contributed by atoms with Crippen molar-refractivity contribution < 1.29 is 9.21 Å². The maximum atomic E-state index is 12.8. The lowest BCUT2D eigenvalue weighted by Crippen LogP contribution is -2.17. The second-order valence-electron chi connectivity index (χ2n) is 9.48. The van der Waals surface area contributed by atoms with Crippen molar-refractivity contribution in [3.63, 3.8) is 0 Å². The van der Waals surface area contributed by atoms with Gasteiger partial charge in [-0.15, -0.1) is 0 Å². The molecule has 6 rings (SSSR count). The van der Waals surface area contributed by atoms with Crippen molar-refractivity contribution in [3.8, 4) is 17.1 Å². The number of amides is 1. The highest BCUT2D eigenvalue weighted by Gasteiger charge is 2.16. The van der Waals surface area contributed by atoms with Crippen molar-refractivity contribution in [2.75, 3.05) is 0 Å². The van der Waals surface area contributed by atoms with Crippen LogP contribution < -0.4 is 5.43 Å². The minimum absolute atomic E-state index is 0.307. The zero-order chi connectivity index (χ0) is 28.2. The van der Waals surface area contributed by atoms with Gasteiger partial charge in [0.25, 0.3) is 5.91 Å². The molecule has 0 unspecified atom stereocenters. The van der Waals surface area contributed by atoms with E-state index in [2.05, 4.69) is 20.5 Å². The lowest BCUT2D eigenvalue weighted by atomic mass is 10.1. The molecule has 0 atom stereocenters. The molecule has 0 saturated heterocycles. The number of rotatable bonds is 8. The van der Waals surface area contributed by atoms with E-state index in [0.717, 1.165) is 38.8 Å². The van der Waals surface area contributed by atoms with Gasteiger partial charge in [0.2, 0.25) is 0 Å². The molecule has 202 valence electrons. The average Bonchev–Trinajstić information content (AvgIpc) is 3.61. The zero-order valence-corrected chi connectivity index (χ0v) is 23.3. The van der Waals surface area contributed by atoms with E-state index in [1.165, 1.54) is 0 Å². The molecular formula is C32H26N6O2S. The number of carbonyl (C=O) groups is 1. The van der Waals surface area contributed by atoms with E-state index in [-0.39, 0.29) is 5.91 Å². The fourth-order valence-electron chi connectivity index (χ4n) is 4.37. The first-order valence-corrected chi connectivity index (χ1v) is 14.0. The van der Waals surface area contributed by atoms with Crippen LogP contribution in [0.3, 0.4) is 0 Å². The largest absolute Gasteiger partial charge is 0.454 e. The third-order valence-corrected chi connectivity index (χ3v) is 7.26. The van der Waals surface area contributed by atoms with E-state index < -0.39 is 0 Å². The van der Waals surface area contributed by atoms with Crippen LogP contribution in [-0.2, 0) is 5.75 Å². The average molecular weight is 559 g/mol. The van der Waals surface area contributed by atoms with Crippen LogP contribution in [0.5, 0.6) is 0 Å². The molecule has 0 aliphatic carbocycles. The van der Waals surface area contributed by atoms with Gasteiger partial charge in [-0.2, -0.15) is 10.2 Å². The summed E-state index contributed by atoms with van der Waals surface area (Å²) in [4.78, 5) is 21.7. The van der Waals surface area contributed by atoms with Crippen LogP contribution in [-0.4, -0.2) is 31.9 Å². The van der Waals surface area contributed by atoms with Crippen LogP contribution >= 0.6 is 11.8 Å². The Hall–Kier alpha value is -5.02. The van der Waals surface area contributed by atoms with Crippen LogP contribution in [0, 0.1) is 13.8 Å². The number of hydrogen-bond donors (Lipinski definition) is 1. The molecule has 9 heteroatoms. The molecule has 8 nitrogen and oxygen atoms in total. The molecule has 0 saturated carbocycles. The molecule has 0 aliphatic heterocycles. The van der Waals surface area contributed by atoms with Gasteiger partial charge in [-0.25, -0.2) is 20.1 Å². The standard InChI is InChI=1S/C32H26N6O2S/c1-21-16-22(2)35-32(34-21)41-20-23-12-14-24(15-13-23)31(39)36-33-18-26-19-38(27-9-4-3-5-10-27)37-30(26)29-17-25-8-6-7-11-28(25)40-29/h3-19H,20H2,1-2H3,(H,36,39). The Bertz CT molecular complexity index is 1810. The quantitative estimate of drug-likeness (QED) is 0.0961. The molecule has 3 heterocycles. The number of carbonyl (C=O) groups excluding carboxylic acids is 1. The fourth-order valence-corrected chi connectivity index (χ4v) is 5.27. The van der Waals surface area contributed by atoms with Crippen molar-refractivity contribution >= 4 is 34.9 Å². The molecule has 41 heavy (non-hydrogen) atoms. The molecule has 0 radical (unpaired) electrons. The number of nitrogens with one attached hydrogen (secondary N) is 1.